The van der Waals surface area contributed by atoms with E-state index in [0.717, 1.165) is 38.7 Å². The van der Waals surface area contributed by atoms with Gasteiger partial charge in [-0.25, -0.2) is 0 Å². The van der Waals surface area contributed by atoms with Crippen molar-refractivity contribution in [3.63, 3.8) is 0 Å². The molecule has 3 heteroatoms. The van der Waals surface area contributed by atoms with Crippen LogP contribution in [-0.2, 0) is 14.3 Å². The SMILES string of the molecule is O=C1CC2(OC3CCCCO3)CCCC12. The van der Waals surface area contributed by atoms with Gasteiger partial charge in [0.1, 0.15) is 5.78 Å². The summed E-state index contributed by atoms with van der Waals surface area (Å²) in [5, 5.41) is 0. The third-order valence-corrected chi connectivity index (χ3v) is 4.09. The van der Waals surface area contributed by atoms with E-state index in [1.165, 1.54) is 6.42 Å². The average Bonchev–Trinajstić information content (AvgIpc) is 2.56. The molecular formula is C12H18O3. The van der Waals surface area contributed by atoms with Crippen molar-refractivity contribution in [1.29, 1.82) is 0 Å². The van der Waals surface area contributed by atoms with Crippen molar-refractivity contribution in [1.82, 2.24) is 0 Å². The van der Waals surface area contributed by atoms with Crippen molar-refractivity contribution in [3.05, 3.63) is 0 Å². The van der Waals surface area contributed by atoms with Crippen LogP contribution >= 0.6 is 0 Å². The van der Waals surface area contributed by atoms with Crippen LogP contribution in [0.2, 0.25) is 0 Å². The molecule has 0 aromatic rings. The van der Waals surface area contributed by atoms with Crippen LogP contribution in [0.15, 0.2) is 0 Å². The van der Waals surface area contributed by atoms with E-state index < -0.39 is 0 Å². The average molecular weight is 210 g/mol. The molecule has 3 unspecified atom stereocenters. The van der Waals surface area contributed by atoms with E-state index in [9.17, 15) is 4.79 Å². The first-order valence-corrected chi connectivity index (χ1v) is 6.12. The van der Waals surface area contributed by atoms with Gasteiger partial charge in [0.25, 0.3) is 0 Å². The van der Waals surface area contributed by atoms with E-state index in [2.05, 4.69) is 0 Å². The Kier molecular flexibility index (Phi) is 2.33. The van der Waals surface area contributed by atoms with E-state index in [1.807, 2.05) is 0 Å². The van der Waals surface area contributed by atoms with E-state index in [1.54, 1.807) is 0 Å². The Morgan fingerprint density at radius 1 is 1.27 bits per heavy atom. The maximum Gasteiger partial charge on any atom is 0.158 e. The Labute approximate surface area is 90.1 Å². The lowest BCUT2D eigenvalue weighted by Gasteiger charge is -2.45. The van der Waals surface area contributed by atoms with Crippen LogP contribution in [0.4, 0.5) is 0 Å². The monoisotopic (exact) mass is 210 g/mol. The lowest BCUT2D eigenvalue weighted by molar-refractivity contribution is -0.249. The maximum absolute atomic E-state index is 11.4. The summed E-state index contributed by atoms with van der Waals surface area (Å²) < 4.78 is 11.7. The van der Waals surface area contributed by atoms with Crippen molar-refractivity contribution in [3.8, 4) is 0 Å². The van der Waals surface area contributed by atoms with Gasteiger partial charge in [0.05, 0.1) is 5.60 Å². The normalized spacial score (nSPS) is 44.9. The summed E-state index contributed by atoms with van der Waals surface area (Å²) in [6, 6.07) is 0. The summed E-state index contributed by atoms with van der Waals surface area (Å²) in [5.41, 5.74) is -0.112. The highest BCUT2D eigenvalue weighted by atomic mass is 16.7. The minimum absolute atomic E-state index is 0.0348. The lowest BCUT2D eigenvalue weighted by atomic mass is 9.70. The van der Waals surface area contributed by atoms with Crippen molar-refractivity contribution < 1.29 is 14.3 Å². The van der Waals surface area contributed by atoms with Crippen LogP contribution in [0, 0.1) is 5.92 Å². The molecular weight excluding hydrogens is 192 g/mol. The second kappa shape index (κ2) is 3.56. The fourth-order valence-electron chi connectivity index (χ4n) is 3.24. The van der Waals surface area contributed by atoms with E-state index >= 15 is 0 Å². The van der Waals surface area contributed by atoms with E-state index in [0.29, 0.717) is 12.2 Å². The predicted octanol–water partition coefficient (Wildman–Crippen LogP) is 2.04. The standard InChI is InChI=1S/C12H18O3/c13-10-8-12(6-3-4-9(10)12)15-11-5-1-2-7-14-11/h9,11H,1-8H2. The largest absolute Gasteiger partial charge is 0.353 e. The van der Waals surface area contributed by atoms with Gasteiger partial charge in [-0.05, 0) is 38.5 Å². The molecule has 0 aromatic carbocycles. The van der Waals surface area contributed by atoms with Crippen LogP contribution in [-0.4, -0.2) is 24.3 Å². The van der Waals surface area contributed by atoms with Gasteiger partial charge in [0, 0.05) is 18.9 Å². The third kappa shape index (κ3) is 1.53. The molecule has 2 aliphatic carbocycles. The minimum atomic E-state index is -0.112. The van der Waals surface area contributed by atoms with Gasteiger partial charge in [0.2, 0.25) is 0 Å². The number of ether oxygens (including phenoxy) is 2. The highest BCUT2D eigenvalue weighted by Gasteiger charge is 2.58. The second-order valence-corrected chi connectivity index (χ2v) is 5.07. The quantitative estimate of drug-likeness (QED) is 0.699. The molecule has 3 rings (SSSR count). The number of rotatable bonds is 2. The number of ketones is 1. The molecule has 1 saturated heterocycles. The fraction of sp³-hybridized carbons (Fsp3) is 0.917. The summed E-state index contributed by atoms with van der Waals surface area (Å²) in [7, 11) is 0. The number of hydrogen-bond donors (Lipinski definition) is 0. The summed E-state index contributed by atoms with van der Waals surface area (Å²) >= 11 is 0. The Morgan fingerprint density at radius 3 is 2.93 bits per heavy atom. The Hall–Kier alpha value is -0.410. The van der Waals surface area contributed by atoms with Gasteiger partial charge >= 0.3 is 0 Å². The molecule has 0 aromatic heterocycles. The molecule has 84 valence electrons. The molecule has 0 N–H and O–H groups in total. The fourth-order valence-corrected chi connectivity index (χ4v) is 3.24. The molecule has 0 bridgehead atoms. The first-order chi connectivity index (χ1) is 7.30. The number of carbonyl (C=O) groups is 1. The van der Waals surface area contributed by atoms with E-state index in [4.69, 9.17) is 9.47 Å². The van der Waals surface area contributed by atoms with Gasteiger partial charge in [-0.1, -0.05) is 0 Å². The summed E-state index contributed by atoms with van der Waals surface area (Å²) in [4.78, 5) is 11.4. The molecule has 15 heavy (non-hydrogen) atoms. The van der Waals surface area contributed by atoms with Gasteiger partial charge in [-0.15, -0.1) is 0 Å². The summed E-state index contributed by atoms with van der Waals surface area (Å²) in [6.07, 6.45) is 7.18. The van der Waals surface area contributed by atoms with Gasteiger partial charge < -0.3 is 9.47 Å². The molecule has 0 spiro atoms. The molecule has 1 heterocycles. The minimum Gasteiger partial charge on any atom is -0.353 e. The van der Waals surface area contributed by atoms with Crippen LogP contribution in [0.3, 0.4) is 0 Å². The molecule has 0 amide bonds. The van der Waals surface area contributed by atoms with Gasteiger partial charge in [0.15, 0.2) is 6.29 Å². The highest BCUT2D eigenvalue weighted by Crippen LogP contribution is 2.51. The van der Waals surface area contributed by atoms with Crippen LogP contribution in [0.5, 0.6) is 0 Å². The molecule has 3 fully saturated rings. The summed E-state index contributed by atoms with van der Waals surface area (Å²) in [5.74, 6) is 0.603. The lowest BCUT2D eigenvalue weighted by Crippen LogP contribution is -2.55. The Balaban J connectivity index is 1.64. The van der Waals surface area contributed by atoms with E-state index in [-0.39, 0.29) is 17.8 Å². The number of Topliss-reactive ketones (excluding diaryl/α,β-unsaturated/α-hetero) is 1. The zero-order chi connectivity index (χ0) is 10.3. The summed E-state index contributed by atoms with van der Waals surface area (Å²) in [6.45, 7) is 0.819. The first kappa shape index (κ1) is 9.79. The third-order valence-electron chi connectivity index (χ3n) is 4.09. The number of carbonyl (C=O) groups excluding carboxylic acids is 1. The van der Waals surface area contributed by atoms with Gasteiger partial charge in [-0.3, -0.25) is 4.79 Å². The topological polar surface area (TPSA) is 35.5 Å². The smallest absolute Gasteiger partial charge is 0.158 e. The molecule has 3 atom stereocenters. The number of hydrogen-bond acceptors (Lipinski definition) is 3. The molecule has 3 aliphatic rings. The molecule has 2 saturated carbocycles. The van der Waals surface area contributed by atoms with Crippen molar-refractivity contribution >= 4 is 5.78 Å². The highest BCUT2D eigenvalue weighted by molar-refractivity contribution is 5.90. The van der Waals surface area contributed by atoms with Gasteiger partial charge in [-0.2, -0.15) is 0 Å². The van der Waals surface area contributed by atoms with Crippen molar-refractivity contribution in [2.24, 2.45) is 5.92 Å². The molecule has 0 radical (unpaired) electrons. The maximum atomic E-state index is 11.4. The van der Waals surface area contributed by atoms with Crippen molar-refractivity contribution in [2.45, 2.75) is 56.8 Å². The van der Waals surface area contributed by atoms with Crippen molar-refractivity contribution in [2.75, 3.05) is 6.61 Å². The van der Waals surface area contributed by atoms with Crippen LogP contribution < -0.4 is 0 Å². The predicted molar refractivity (Wildman–Crippen MR) is 54.4 cm³/mol. The van der Waals surface area contributed by atoms with Crippen LogP contribution in [0.1, 0.15) is 44.9 Å². The molecule has 1 aliphatic heterocycles. The number of fused-ring (bicyclic) bond motifs is 1. The zero-order valence-electron chi connectivity index (χ0n) is 9.04. The first-order valence-electron chi connectivity index (χ1n) is 6.12. The Bertz CT molecular complexity index is 270. The van der Waals surface area contributed by atoms with Crippen LogP contribution in [0.25, 0.3) is 0 Å². The zero-order valence-corrected chi connectivity index (χ0v) is 9.04. The second-order valence-electron chi connectivity index (χ2n) is 5.07. The molecule has 3 nitrogen and oxygen atoms in total. The Morgan fingerprint density at radius 2 is 2.20 bits per heavy atom.